The molecule has 1 rings (SSSR count). The third kappa shape index (κ3) is 3.80. The van der Waals surface area contributed by atoms with Gasteiger partial charge >= 0.3 is 0 Å². The molecule has 0 aliphatic carbocycles. The predicted molar refractivity (Wildman–Crippen MR) is 69.0 cm³/mol. The molecule has 1 aromatic rings. The summed E-state index contributed by atoms with van der Waals surface area (Å²) in [6, 6.07) is 0.126. The molecule has 1 N–H and O–H groups in total. The SMILES string of the molecule is CCc1ncnc(NC(CCCl)C(C)C)c1F. The average molecular weight is 260 g/mol. The van der Waals surface area contributed by atoms with Gasteiger partial charge < -0.3 is 5.32 Å². The zero-order valence-corrected chi connectivity index (χ0v) is 11.3. The summed E-state index contributed by atoms with van der Waals surface area (Å²) in [4.78, 5) is 7.85. The summed E-state index contributed by atoms with van der Waals surface area (Å²) in [5.41, 5.74) is 0.441. The lowest BCUT2D eigenvalue weighted by atomic mass is 10.0. The molecule has 17 heavy (non-hydrogen) atoms. The first-order valence-corrected chi connectivity index (χ1v) is 6.45. The van der Waals surface area contributed by atoms with Gasteiger partial charge in [0.15, 0.2) is 11.6 Å². The molecular weight excluding hydrogens is 241 g/mol. The Labute approximate surface area is 107 Å². The summed E-state index contributed by atoms with van der Waals surface area (Å²) >= 11 is 5.74. The molecule has 1 unspecified atom stereocenters. The lowest BCUT2D eigenvalue weighted by Gasteiger charge is -2.22. The number of hydrogen-bond donors (Lipinski definition) is 1. The summed E-state index contributed by atoms with van der Waals surface area (Å²) in [5.74, 6) is 0.840. The van der Waals surface area contributed by atoms with E-state index in [1.165, 1.54) is 6.33 Å². The molecule has 0 saturated heterocycles. The Hall–Kier alpha value is -0.900. The highest BCUT2D eigenvalue weighted by atomic mass is 35.5. The Morgan fingerprint density at radius 1 is 1.41 bits per heavy atom. The van der Waals surface area contributed by atoms with E-state index in [1.807, 2.05) is 6.92 Å². The molecule has 0 aliphatic heterocycles. The molecule has 1 atom stereocenters. The number of aromatic nitrogens is 2. The molecule has 1 heterocycles. The summed E-state index contributed by atoms with van der Waals surface area (Å²) in [6.07, 6.45) is 2.73. The van der Waals surface area contributed by atoms with Crippen LogP contribution < -0.4 is 5.32 Å². The van der Waals surface area contributed by atoms with Crippen molar-refractivity contribution in [2.45, 2.75) is 39.7 Å². The van der Waals surface area contributed by atoms with Crippen LogP contribution in [0.1, 0.15) is 32.9 Å². The number of rotatable bonds is 6. The number of anilines is 1. The fourth-order valence-corrected chi connectivity index (χ4v) is 1.85. The van der Waals surface area contributed by atoms with Crippen LogP contribution in [0.2, 0.25) is 0 Å². The second-order valence-electron chi connectivity index (χ2n) is 4.31. The van der Waals surface area contributed by atoms with Crippen LogP contribution in [0.3, 0.4) is 0 Å². The van der Waals surface area contributed by atoms with E-state index in [0.29, 0.717) is 23.9 Å². The average Bonchev–Trinajstić information content (AvgIpc) is 2.30. The minimum atomic E-state index is -0.352. The van der Waals surface area contributed by atoms with Crippen LogP contribution in [0, 0.1) is 11.7 Å². The number of hydrogen-bond acceptors (Lipinski definition) is 3. The van der Waals surface area contributed by atoms with Gasteiger partial charge in [0.05, 0.1) is 5.69 Å². The van der Waals surface area contributed by atoms with E-state index < -0.39 is 0 Å². The van der Waals surface area contributed by atoms with Gasteiger partial charge in [0, 0.05) is 11.9 Å². The van der Waals surface area contributed by atoms with E-state index in [1.54, 1.807) is 0 Å². The Morgan fingerprint density at radius 2 is 2.12 bits per heavy atom. The van der Waals surface area contributed by atoms with Crippen molar-refractivity contribution in [1.29, 1.82) is 0 Å². The predicted octanol–water partition coefficient (Wildman–Crippen LogP) is 3.24. The van der Waals surface area contributed by atoms with Crippen molar-refractivity contribution in [2.75, 3.05) is 11.2 Å². The van der Waals surface area contributed by atoms with Crippen LogP contribution >= 0.6 is 11.6 Å². The van der Waals surface area contributed by atoms with Gasteiger partial charge in [-0.05, 0) is 18.8 Å². The second-order valence-corrected chi connectivity index (χ2v) is 4.69. The first-order chi connectivity index (χ1) is 8.10. The minimum Gasteiger partial charge on any atom is -0.364 e. The maximum absolute atomic E-state index is 13.9. The van der Waals surface area contributed by atoms with E-state index in [0.717, 1.165) is 6.42 Å². The van der Waals surface area contributed by atoms with E-state index in [4.69, 9.17) is 11.6 Å². The van der Waals surface area contributed by atoms with Gasteiger partial charge in [-0.1, -0.05) is 20.8 Å². The summed E-state index contributed by atoms with van der Waals surface area (Å²) in [5, 5.41) is 3.11. The molecule has 0 amide bonds. The van der Waals surface area contributed by atoms with Crippen molar-refractivity contribution < 1.29 is 4.39 Å². The van der Waals surface area contributed by atoms with Crippen molar-refractivity contribution in [1.82, 2.24) is 9.97 Å². The number of aryl methyl sites for hydroxylation is 1. The largest absolute Gasteiger partial charge is 0.364 e. The van der Waals surface area contributed by atoms with Gasteiger partial charge in [0.2, 0.25) is 0 Å². The summed E-state index contributed by atoms with van der Waals surface area (Å²) in [7, 11) is 0. The van der Waals surface area contributed by atoms with Gasteiger partial charge in [-0.2, -0.15) is 0 Å². The quantitative estimate of drug-likeness (QED) is 0.797. The van der Waals surface area contributed by atoms with Gasteiger partial charge in [0.1, 0.15) is 6.33 Å². The molecule has 5 heteroatoms. The molecule has 0 spiro atoms. The monoisotopic (exact) mass is 259 g/mol. The maximum atomic E-state index is 13.9. The number of nitrogens with zero attached hydrogens (tertiary/aromatic N) is 2. The number of halogens is 2. The van der Waals surface area contributed by atoms with Crippen molar-refractivity contribution in [3.8, 4) is 0 Å². The van der Waals surface area contributed by atoms with Crippen LogP contribution in [-0.4, -0.2) is 21.9 Å². The van der Waals surface area contributed by atoms with Crippen LogP contribution in [0.15, 0.2) is 6.33 Å². The fraction of sp³-hybridized carbons (Fsp3) is 0.667. The third-order valence-electron chi connectivity index (χ3n) is 2.74. The van der Waals surface area contributed by atoms with E-state index >= 15 is 0 Å². The fourth-order valence-electron chi connectivity index (χ4n) is 1.62. The third-order valence-corrected chi connectivity index (χ3v) is 2.96. The number of nitrogens with one attached hydrogen (secondary N) is 1. The zero-order chi connectivity index (χ0) is 12.8. The maximum Gasteiger partial charge on any atom is 0.186 e. The topological polar surface area (TPSA) is 37.8 Å². The standard InChI is InChI=1S/C12H19ClFN3/c1-4-9-11(14)12(16-7-15-9)17-10(5-6-13)8(2)3/h7-8,10H,4-6H2,1-3H3,(H,15,16,17). The van der Waals surface area contributed by atoms with Crippen LogP contribution in [0.25, 0.3) is 0 Å². The second kappa shape index (κ2) is 6.74. The molecule has 0 aliphatic rings. The molecule has 0 fully saturated rings. The highest BCUT2D eigenvalue weighted by Crippen LogP contribution is 2.18. The van der Waals surface area contributed by atoms with Gasteiger partial charge in [-0.25, -0.2) is 14.4 Å². The Morgan fingerprint density at radius 3 is 2.65 bits per heavy atom. The highest BCUT2D eigenvalue weighted by Gasteiger charge is 2.17. The lowest BCUT2D eigenvalue weighted by molar-refractivity contribution is 0.504. The molecule has 0 bridgehead atoms. The molecule has 1 aromatic heterocycles. The zero-order valence-electron chi connectivity index (χ0n) is 10.5. The highest BCUT2D eigenvalue weighted by molar-refractivity contribution is 6.17. The van der Waals surface area contributed by atoms with Gasteiger partial charge in [-0.15, -0.1) is 11.6 Å². The molecule has 96 valence electrons. The van der Waals surface area contributed by atoms with E-state index in [-0.39, 0.29) is 17.7 Å². The molecule has 3 nitrogen and oxygen atoms in total. The van der Waals surface area contributed by atoms with Crippen LogP contribution in [0.4, 0.5) is 10.2 Å². The van der Waals surface area contributed by atoms with Crippen molar-refractivity contribution in [3.63, 3.8) is 0 Å². The summed E-state index contributed by atoms with van der Waals surface area (Å²) in [6.45, 7) is 6.02. The summed E-state index contributed by atoms with van der Waals surface area (Å²) < 4.78 is 13.9. The van der Waals surface area contributed by atoms with Crippen LogP contribution in [-0.2, 0) is 6.42 Å². The first kappa shape index (κ1) is 14.2. The Kier molecular flexibility index (Phi) is 5.62. The molecular formula is C12H19ClFN3. The smallest absolute Gasteiger partial charge is 0.186 e. The van der Waals surface area contributed by atoms with Gasteiger partial charge in [0.25, 0.3) is 0 Å². The van der Waals surface area contributed by atoms with Crippen molar-refractivity contribution >= 4 is 17.4 Å². The van der Waals surface area contributed by atoms with Crippen molar-refractivity contribution in [3.05, 3.63) is 17.8 Å². The van der Waals surface area contributed by atoms with E-state index in [2.05, 4.69) is 29.1 Å². The molecule has 0 aromatic carbocycles. The van der Waals surface area contributed by atoms with Gasteiger partial charge in [-0.3, -0.25) is 0 Å². The normalized spacial score (nSPS) is 12.8. The first-order valence-electron chi connectivity index (χ1n) is 5.92. The minimum absolute atomic E-state index is 0.126. The Balaban J connectivity index is 2.85. The van der Waals surface area contributed by atoms with Crippen LogP contribution in [0.5, 0.6) is 0 Å². The van der Waals surface area contributed by atoms with Crippen molar-refractivity contribution in [2.24, 2.45) is 5.92 Å². The number of alkyl halides is 1. The lowest BCUT2D eigenvalue weighted by Crippen LogP contribution is -2.27. The molecule has 0 saturated carbocycles. The van der Waals surface area contributed by atoms with E-state index in [9.17, 15) is 4.39 Å². The Bertz CT molecular complexity index is 358. The molecule has 0 radical (unpaired) electrons.